The lowest BCUT2D eigenvalue weighted by atomic mass is 9.85. The highest BCUT2D eigenvalue weighted by Gasteiger charge is 2.24. The zero-order valence-electron chi connectivity index (χ0n) is 12.8. The molecule has 0 saturated carbocycles. The van der Waals surface area contributed by atoms with Crippen LogP contribution in [-0.4, -0.2) is 47.7 Å². The molecule has 0 fully saturated rings. The van der Waals surface area contributed by atoms with E-state index < -0.39 is 6.10 Å². The van der Waals surface area contributed by atoms with Crippen molar-refractivity contribution in [1.29, 1.82) is 0 Å². The Morgan fingerprint density at radius 2 is 1.67 bits per heavy atom. The van der Waals surface area contributed by atoms with Crippen LogP contribution in [0.15, 0.2) is 0 Å². The van der Waals surface area contributed by atoms with E-state index in [2.05, 4.69) is 26.1 Å². The van der Waals surface area contributed by atoms with Crippen molar-refractivity contribution in [3.8, 4) is 0 Å². The predicted molar refractivity (Wildman–Crippen MR) is 74.7 cm³/mol. The fourth-order valence-electron chi connectivity index (χ4n) is 1.65. The Bertz CT molecular complexity index is 218. The summed E-state index contributed by atoms with van der Waals surface area (Å²) in [6.07, 6.45) is 0.170. The van der Waals surface area contributed by atoms with Gasteiger partial charge >= 0.3 is 0 Å². The Kier molecular flexibility index (Phi) is 7.37. The lowest BCUT2D eigenvalue weighted by molar-refractivity contribution is -0.0492. The summed E-state index contributed by atoms with van der Waals surface area (Å²) in [5, 5.41) is 22.2. The van der Waals surface area contributed by atoms with Crippen molar-refractivity contribution in [2.75, 3.05) is 19.8 Å². The highest BCUT2D eigenvalue weighted by molar-refractivity contribution is 4.81. The number of hydrogen-bond acceptors (Lipinski definition) is 4. The molecule has 0 spiro atoms. The lowest BCUT2D eigenvalue weighted by Gasteiger charge is -2.32. The Balaban J connectivity index is 4.04. The maximum Gasteiger partial charge on any atom is 0.0898 e. The largest absolute Gasteiger partial charge is 0.396 e. The molecule has 0 aliphatic rings. The van der Waals surface area contributed by atoms with E-state index in [0.29, 0.717) is 19.6 Å². The predicted octanol–water partition coefficient (Wildman–Crippen LogP) is 1.55. The van der Waals surface area contributed by atoms with Gasteiger partial charge in [-0.05, 0) is 32.6 Å². The van der Waals surface area contributed by atoms with Crippen molar-refractivity contribution in [1.82, 2.24) is 5.32 Å². The fourth-order valence-corrected chi connectivity index (χ4v) is 1.65. The minimum atomic E-state index is -0.521. The first kappa shape index (κ1) is 17.8. The van der Waals surface area contributed by atoms with Crippen molar-refractivity contribution < 1.29 is 14.9 Å². The van der Waals surface area contributed by atoms with E-state index in [1.54, 1.807) is 0 Å². The first-order valence-corrected chi connectivity index (χ1v) is 6.72. The van der Waals surface area contributed by atoms with E-state index in [-0.39, 0.29) is 23.7 Å². The number of ether oxygens (including phenoxy) is 1. The maximum atomic E-state index is 9.85. The first-order chi connectivity index (χ1) is 8.06. The molecule has 0 aromatic heterocycles. The van der Waals surface area contributed by atoms with Gasteiger partial charge in [0.2, 0.25) is 0 Å². The van der Waals surface area contributed by atoms with Gasteiger partial charge in [-0.2, -0.15) is 0 Å². The van der Waals surface area contributed by atoms with Crippen LogP contribution in [-0.2, 0) is 4.74 Å². The molecule has 0 aromatic carbocycles. The molecular formula is C14H31NO3. The molecule has 0 aliphatic carbocycles. The number of nitrogens with one attached hydrogen (secondary N) is 1. The minimum Gasteiger partial charge on any atom is -0.396 e. The Morgan fingerprint density at radius 3 is 2.06 bits per heavy atom. The Hall–Kier alpha value is -0.160. The van der Waals surface area contributed by atoms with Crippen molar-refractivity contribution >= 4 is 0 Å². The molecule has 0 saturated heterocycles. The smallest absolute Gasteiger partial charge is 0.0898 e. The molecule has 18 heavy (non-hydrogen) atoms. The summed E-state index contributed by atoms with van der Waals surface area (Å²) >= 11 is 0. The average molecular weight is 261 g/mol. The summed E-state index contributed by atoms with van der Waals surface area (Å²) in [6, 6.07) is 0.187. The van der Waals surface area contributed by atoms with Gasteiger partial charge in [0.05, 0.1) is 18.3 Å². The van der Waals surface area contributed by atoms with E-state index in [4.69, 9.17) is 9.84 Å². The highest BCUT2D eigenvalue weighted by atomic mass is 16.5. The van der Waals surface area contributed by atoms with Gasteiger partial charge in [0.25, 0.3) is 0 Å². The quantitative estimate of drug-likeness (QED) is 0.651. The van der Waals surface area contributed by atoms with Gasteiger partial charge in [-0.1, -0.05) is 20.8 Å². The van der Waals surface area contributed by atoms with Crippen LogP contribution in [0.4, 0.5) is 0 Å². The first-order valence-electron chi connectivity index (χ1n) is 6.72. The van der Waals surface area contributed by atoms with Crippen molar-refractivity contribution in [2.24, 2.45) is 5.41 Å². The molecule has 0 heterocycles. The molecule has 4 heteroatoms. The third-order valence-electron chi connectivity index (χ3n) is 2.77. The van der Waals surface area contributed by atoms with E-state index >= 15 is 0 Å². The molecule has 4 nitrogen and oxygen atoms in total. The minimum absolute atomic E-state index is 0.0628. The molecule has 0 radical (unpaired) electrons. The third-order valence-corrected chi connectivity index (χ3v) is 2.77. The van der Waals surface area contributed by atoms with Crippen molar-refractivity contribution in [3.05, 3.63) is 0 Å². The van der Waals surface area contributed by atoms with E-state index in [1.807, 2.05) is 20.8 Å². The summed E-state index contributed by atoms with van der Waals surface area (Å²) in [5.74, 6) is 0. The number of hydrogen-bond donors (Lipinski definition) is 3. The van der Waals surface area contributed by atoms with Gasteiger partial charge in [0.1, 0.15) is 0 Å². The van der Waals surface area contributed by atoms with E-state index in [1.165, 1.54) is 0 Å². The monoisotopic (exact) mass is 261 g/mol. The van der Waals surface area contributed by atoms with Crippen LogP contribution in [0.2, 0.25) is 0 Å². The summed E-state index contributed by atoms with van der Waals surface area (Å²) in [7, 11) is 0. The molecular weight excluding hydrogens is 230 g/mol. The lowest BCUT2D eigenvalue weighted by Crippen LogP contribution is -2.45. The molecule has 3 N–H and O–H groups in total. The second-order valence-electron chi connectivity index (χ2n) is 6.92. The number of aliphatic hydroxyl groups is 2. The third kappa shape index (κ3) is 8.86. The summed E-state index contributed by atoms with van der Waals surface area (Å²) in [6.45, 7) is 13.2. The highest BCUT2D eigenvalue weighted by Crippen LogP contribution is 2.21. The molecule has 2 unspecified atom stereocenters. The van der Waals surface area contributed by atoms with Gasteiger partial charge in [-0.3, -0.25) is 0 Å². The van der Waals surface area contributed by atoms with Gasteiger partial charge in [0.15, 0.2) is 0 Å². The van der Waals surface area contributed by atoms with Crippen LogP contribution in [0.1, 0.15) is 48.0 Å². The van der Waals surface area contributed by atoms with Crippen LogP contribution < -0.4 is 5.32 Å². The van der Waals surface area contributed by atoms with E-state index in [9.17, 15) is 5.11 Å². The SMILES string of the molecule is CC(C)(C)OCC(O)CNC(CCO)C(C)(C)C. The Morgan fingerprint density at radius 1 is 1.11 bits per heavy atom. The number of aliphatic hydroxyl groups excluding tert-OH is 2. The second-order valence-corrected chi connectivity index (χ2v) is 6.92. The summed E-state index contributed by atoms with van der Waals surface area (Å²) < 4.78 is 5.53. The normalized spacial score (nSPS) is 16.7. The molecule has 110 valence electrons. The number of rotatable bonds is 7. The van der Waals surface area contributed by atoms with Gasteiger partial charge < -0.3 is 20.3 Å². The van der Waals surface area contributed by atoms with Crippen LogP contribution in [0.5, 0.6) is 0 Å². The molecule has 0 amide bonds. The standard InChI is InChI=1S/C14H31NO3/c1-13(2,3)12(7-8-16)15-9-11(17)10-18-14(4,5)6/h11-12,15-17H,7-10H2,1-6H3. The van der Waals surface area contributed by atoms with Gasteiger partial charge in [-0.25, -0.2) is 0 Å². The molecule has 2 atom stereocenters. The molecule has 0 rings (SSSR count). The molecule has 0 aromatic rings. The van der Waals surface area contributed by atoms with Crippen LogP contribution >= 0.6 is 0 Å². The topological polar surface area (TPSA) is 61.7 Å². The van der Waals surface area contributed by atoms with Crippen LogP contribution in [0, 0.1) is 5.41 Å². The van der Waals surface area contributed by atoms with Crippen LogP contribution in [0.3, 0.4) is 0 Å². The van der Waals surface area contributed by atoms with E-state index in [0.717, 1.165) is 0 Å². The summed E-state index contributed by atoms with van der Waals surface area (Å²) in [4.78, 5) is 0. The Labute approximate surface area is 112 Å². The average Bonchev–Trinajstić information content (AvgIpc) is 2.18. The zero-order chi connectivity index (χ0) is 14.4. The maximum absolute atomic E-state index is 9.85. The van der Waals surface area contributed by atoms with Gasteiger partial charge in [-0.15, -0.1) is 0 Å². The van der Waals surface area contributed by atoms with Crippen molar-refractivity contribution in [3.63, 3.8) is 0 Å². The van der Waals surface area contributed by atoms with Crippen LogP contribution in [0.25, 0.3) is 0 Å². The summed E-state index contributed by atoms with van der Waals surface area (Å²) in [5.41, 5.74) is -0.164. The second kappa shape index (κ2) is 7.43. The zero-order valence-corrected chi connectivity index (χ0v) is 12.8. The van der Waals surface area contributed by atoms with Crippen molar-refractivity contribution in [2.45, 2.75) is 65.7 Å². The van der Waals surface area contributed by atoms with Gasteiger partial charge in [0, 0.05) is 19.2 Å². The molecule has 0 aliphatic heterocycles. The fraction of sp³-hybridized carbons (Fsp3) is 1.00. The molecule has 0 bridgehead atoms.